The second kappa shape index (κ2) is 8.76. The average Bonchev–Trinajstić information content (AvgIpc) is 2.99. The number of halogens is 1. The maximum Gasteiger partial charge on any atom is 0.265 e. The van der Waals surface area contributed by atoms with Crippen LogP contribution < -0.4 is 5.32 Å². The normalized spacial score (nSPS) is 18.7. The number of amides is 1. The van der Waals surface area contributed by atoms with Crippen LogP contribution in [0.5, 0.6) is 0 Å². The van der Waals surface area contributed by atoms with Crippen molar-refractivity contribution in [2.75, 3.05) is 19.6 Å². The number of likely N-dealkylation sites (N-methyl/N-ethyl adjacent to an activating group) is 1. The Bertz CT molecular complexity index is 505. The van der Waals surface area contributed by atoms with Gasteiger partial charge in [-0.1, -0.05) is 35.8 Å². The van der Waals surface area contributed by atoms with Crippen molar-refractivity contribution in [2.45, 2.75) is 32.4 Å². The summed E-state index contributed by atoms with van der Waals surface area (Å²) in [5.41, 5.74) is 0.950. The van der Waals surface area contributed by atoms with E-state index in [1.54, 1.807) is 12.1 Å². The number of oxime groups is 1. The molecule has 0 bridgehead atoms. The highest BCUT2D eigenvalue weighted by molar-refractivity contribution is 6.30. The van der Waals surface area contributed by atoms with Crippen molar-refractivity contribution < 1.29 is 9.63 Å². The van der Waals surface area contributed by atoms with Gasteiger partial charge in [0, 0.05) is 17.6 Å². The molecule has 1 N–H and O–H groups in total. The molecule has 1 atom stereocenters. The molecule has 5 nitrogen and oxygen atoms in total. The highest BCUT2D eigenvalue weighted by Gasteiger charge is 2.22. The third-order valence-corrected chi connectivity index (χ3v) is 4.06. The summed E-state index contributed by atoms with van der Waals surface area (Å²) in [6.45, 7) is 5.27. The number of rotatable bonds is 7. The van der Waals surface area contributed by atoms with Crippen LogP contribution in [0.4, 0.5) is 0 Å². The van der Waals surface area contributed by atoms with Crippen molar-refractivity contribution in [2.24, 2.45) is 5.16 Å². The number of benzene rings is 1. The molecule has 2 rings (SSSR count). The molecule has 6 heteroatoms. The lowest BCUT2D eigenvalue weighted by atomic mass is 10.2. The van der Waals surface area contributed by atoms with E-state index >= 15 is 0 Å². The van der Waals surface area contributed by atoms with Gasteiger partial charge in [0.15, 0.2) is 0 Å². The molecule has 22 heavy (non-hydrogen) atoms. The zero-order valence-corrected chi connectivity index (χ0v) is 13.6. The van der Waals surface area contributed by atoms with Gasteiger partial charge in [0.1, 0.15) is 12.8 Å². The fourth-order valence-corrected chi connectivity index (χ4v) is 2.71. The Hall–Kier alpha value is -1.59. The fourth-order valence-electron chi connectivity index (χ4n) is 2.58. The van der Waals surface area contributed by atoms with E-state index in [2.05, 4.69) is 22.3 Å². The summed E-state index contributed by atoms with van der Waals surface area (Å²) >= 11 is 5.80. The summed E-state index contributed by atoms with van der Waals surface area (Å²) in [7, 11) is 0. The predicted octanol–water partition coefficient (Wildman–Crippen LogP) is 2.44. The van der Waals surface area contributed by atoms with Crippen molar-refractivity contribution in [1.82, 2.24) is 10.2 Å². The number of hydrogen-bond acceptors (Lipinski definition) is 4. The first-order valence-electron chi connectivity index (χ1n) is 7.60. The first-order valence-corrected chi connectivity index (χ1v) is 7.98. The Kier molecular flexibility index (Phi) is 6.68. The van der Waals surface area contributed by atoms with Gasteiger partial charge < -0.3 is 10.2 Å². The lowest BCUT2D eigenvalue weighted by Crippen LogP contribution is -2.40. The second-order valence-corrected chi connectivity index (χ2v) is 5.74. The van der Waals surface area contributed by atoms with Crippen LogP contribution in [-0.4, -0.2) is 42.7 Å². The first-order chi connectivity index (χ1) is 10.7. The molecule has 0 aromatic heterocycles. The van der Waals surface area contributed by atoms with E-state index in [1.165, 1.54) is 12.6 Å². The molecule has 120 valence electrons. The minimum absolute atomic E-state index is 0.223. The highest BCUT2D eigenvalue weighted by atomic mass is 35.5. The molecular formula is C16H22ClN3O2. The molecule has 1 aliphatic rings. The van der Waals surface area contributed by atoms with Gasteiger partial charge in [0.05, 0.1) is 0 Å². The topological polar surface area (TPSA) is 53.9 Å². The van der Waals surface area contributed by atoms with Crippen molar-refractivity contribution in [3.63, 3.8) is 0 Å². The lowest BCUT2D eigenvalue weighted by Gasteiger charge is -2.22. The van der Waals surface area contributed by atoms with Crippen LogP contribution in [0.2, 0.25) is 5.02 Å². The molecule has 0 aliphatic carbocycles. The second-order valence-electron chi connectivity index (χ2n) is 5.30. The van der Waals surface area contributed by atoms with Crippen molar-refractivity contribution in [1.29, 1.82) is 0 Å². The number of carbonyl (C=O) groups is 1. The summed E-state index contributed by atoms with van der Waals surface area (Å²) in [6, 6.07) is 7.74. The van der Waals surface area contributed by atoms with Gasteiger partial charge in [0.2, 0.25) is 0 Å². The Morgan fingerprint density at radius 2 is 2.27 bits per heavy atom. The predicted molar refractivity (Wildman–Crippen MR) is 88.0 cm³/mol. The molecule has 1 aliphatic heterocycles. The smallest absolute Gasteiger partial charge is 0.265 e. The SMILES string of the molecule is CCN1CCC[C@H]1CNC(=O)/C=N/OCc1ccc(Cl)cc1. The lowest BCUT2D eigenvalue weighted by molar-refractivity contribution is -0.114. The van der Waals surface area contributed by atoms with Crippen molar-refractivity contribution in [3.05, 3.63) is 34.9 Å². The van der Waals surface area contributed by atoms with E-state index in [0.717, 1.165) is 25.1 Å². The minimum Gasteiger partial charge on any atom is -0.391 e. The van der Waals surface area contributed by atoms with Crippen molar-refractivity contribution in [3.8, 4) is 0 Å². The molecule has 1 amide bonds. The summed E-state index contributed by atoms with van der Waals surface area (Å²) in [4.78, 5) is 19.2. The van der Waals surface area contributed by atoms with Crippen LogP contribution in [0.3, 0.4) is 0 Å². The Labute approximate surface area is 136 Å². The number of nitrogens with one attached hydrogen (secondary N) is 1. The number of carbonyl (C=O) groups excluding carboxylic acids is 1. The molecule has 1 aromatic carbocycles. The van der Waals surface area contributed by atoms with Crippen LogP contribution in [0.15, 0.2) is 29.4 Å². The molecule has 1 aromatic rings. The Morgan fingerprint density at radius 1 is 1.50 bits per heavy atom. The van der Waals surface area contributed by atoms with E-state index < -0.39 is 0 Å². The Balaban J connectivity index is 1.65. The Morgan fingerprint density at radius 3 is 3.00 bits per heavy atom. The average molecular weight is 324 g/mol. The maximum absolute atomic E-state index is 11.7. The third kappa shape index (κ3) is 5.31. The maximum atomic E-state index is 11.7. The largest absolute Gasteiger partial charge is 0.391 e. The summed E-state index contributed by atoms with van der Waals surface area (Å²) in [5, 5.41) is 7.24. The number of hydrogen-bond donors (Lipinski definition) is 1. The molecule has 0 radical (unpaired) electrons. The molecule has 1 heterocycles. The molecule has 0 unspecified atom stereocenters. The van der Waals surface area contributed by atoms with Gasteiger partial charge in [-0.3, -0.25) is 9.69 Å². The van der Waals surface area contributed by atoms with E-state index in [1.807, 2.05) is 12.1 Å². The monoisotopic (exact) mass is 323 g/mol. The van der Waals surface area contributed by atoms with Crippen LogP contribution in [-0.2, 0) is 16.2 Å². The molecular weight excluding hydrogens is 302 g/mol. The number of likely N-dealkylation sites (tertiary alicyclic amines) is 1. The van der Waals surface area contributed by atoms with E-state index in [0.29, 0.717) is 24.2 Å². The van der Waals surface area contributed by atoms with Gasteiger partial charge in [-0.2, -0.15) is 0 Å². The van der Waals surface area contributed by atoms with Crippen LogP contribution >= 0.6 is 11.6 Å². The van der Waals surface area contributed by atoms with Crippen LogP contribution in [0.25, 0.3) is 0 Å². The quantitative estimate of drug-likeness (QED) is 0.619. The van der Waals surface area contributed by atoms with Gasteiger partial charge in [-0.25, -0.2) is 0 Å². The van der Waals surface area contributed by atoms with E-state index in [9.17, 15) is 4.79 Å². The van der Waals surface area contributed by atoms with E-state index in [-0.39, 0.29) is 5.91 Å². The van der Waals surface area contributed by atoms with E-state index in [4.69, 9.17) is 16.4 Å². The van der Waals surface area contributed by atoms with Crippen molar-refractivity contribution >= 4 is 23.7 Å². The zero-order valence-electron chi connectivity index (χ0n) is 12.8. The summed E-state index contributed by atoms with van der Waals surface area (Å²) in [5.74, 6) is -0.223. The van der Waals surface area contributed by atoms with Gasteiger partial charge >= 0.3 is 0 Å². The fraction of sp³-hybridized carbons (Fsp3) is 0.500. The molecule has 0 saturated carbocycles. The molecule has 0 spiro atoms. The highest BCUT2D eigenvalue weighted by Crippen LogP contribution is 2.15. The third-order valence-electron chi connectivity index (χ3n) is 3.81. The molecule has 1 saturated heterocycles. The standard InChI is InChI=1S/C16H22ClN3O2/c1-2-20-9-3-4-15(20)10-18-16(21)11-19-22-12-13-5-7-14(17)8-6-13/h5-8,11,15H,2-4,9-10,12H2,1H3,(H,18,21)/b19-11+/t15-/m0/s1. The first kappa shape index (κ1) is 16.8. The van der Waals surface area contributed by atoms with Gasteiger partial charge in [-0.15, -0.1) is 0 Å². The van der Waals surface area contributed by atoms with Crippen LogP contribution in [0.1, 0.15) is 25.3 Å². The summed E-state index contributed by atoms with van der Waals surface area (Å²) < 4.78 is 0. The molecule has 1 fully saturated rings. The number of nitrogens with zero attached hydrogens (tertiary/aromatic N) is 2. The van der Waals surface area contributed by atoms with Gasteiger partial charge in [-0.05, 0) is 43.6 Å². The van der Waals surface area contributed by atoms with Gasteiger partial charge in [0.25, 0.3) is 5.91 Å². The summed E-state index contributed by atoms with van der Waals surface area (Å²) in [6.07, 6.45) is 3.52. The minimum atomic E-state index is -0.223. The van der Waals surface area contributed by atoms with Crippen LogP contribution in [0, 0.1) is 0 Å². The zero-order chi connectivity index (χ0) is 15.8.